The zero-order chi connectivity index (χ0) is 16.0. The SMILES string of the molecule is CC[C@@H]1O[C@H]1CCCCCCCCCCCCCC(=O)OC. The molecule has 3 heteroatoms. The second kappa shape index (κ2) is 12.9. The molecule has 1 aliphatic rings. The largest absolute Gasteiger partial charge is 0.469 e. The molecule has 0 saturated carbocycles. The number of hydrogen-bond donors (Lipinski definition) is 0. The normalized spacial score (nSPS) is 20.1. The summed E-state index contributed by atoms with van der Waals surface area (Å²) in [7, 11) is 1.46. The predicted molar refractivity (Wildman–Crippen MR) is 91.0 cm³/mol. The van der Waals surface area contributed by atoms with E-state index in [0.717, 1.165) is 12.8 Å². The molecule has 1 rings (SSSR count). The van der Waals surface area contributed by atoms with Crippen molar-refractivity contribution in [1.82, 2.24) is 0 Å². The maximum absolute atomic E-state index is 10.9. The first-order valence-corrected chi connectivity index (χ1v) is 9.50. The quantitative estimate of drug-likeness (QED) is 0.230. The Hall–Kier alpha value is -0.570. The molecule has 0 radical (unpaired) electrons. The van der Waals surface area contributed by atoms with Crippen LogP contribution in [0.3, 0.4) is 0 Å². The molecule has 3 nitrogen and oxygen atoms in total. The Bertz CT molecular complexity index is 278. The average Bonchev–Trinajstić information content (AvgIpc) is 3.30. The van der Waals surface area contributed by atoms with Gasteiger partial charge >= 0.3 is 5.97 Å². The number of rotatable bonds is 15. The number of carbonyl (C=O) groups excluding carboxylic acids is 1. The molecular formula is C19H36O3. The molecule has 0 aromatic rings. The minimum absolute atomic E-state index is 0.0709. The summed E-state index contributed by atoms with van der Waals surface area (Å²) in [6.07, 6.45) is 18.6. The summed E-state index contributed by atoms with van der Waals surface area (Å²) in [5, 5.41) is 0. The fraction of sp³-hybridized carbons (Fsp3) is 0.947. The molecule has 1 fully saturated rings. The molecule has 0 aromatic heterocycles. The molecule has 0 aliphatic carbocycles. The molecule has 0 unspecified atom stereocenters. The summed E-state index contributed by atoms with van der Waals surface area (Å²) in [6.45, 7) is 2.21. The van der Waals surface area contributed by atoms with Crippen LogP contribution in [-0.4, -0.2) is 25.3 Å². The molecule has 22 heavy (non-hydrogen) atoms. The Kier molecular flexibility index (Phi) is 11.4. The molecule has 1 heterocycles. The maximum atomic E-state index is 10.9. The highest BCUT2D eigenvalue weighted by molar-refractivity contribution is 5.68. The zero-order valence-corrected chi connectivity index (χ0v) is 14.8. The van der Waals surface area contributed by atoms with Crippen molar-refractivity contribution < 1.29 is 14.3 Å². The number of unbranched alkanes of at least 4 members (excludes halogenated alkanes) is 10. The Labute approximate surface area is 137 Å². The summed E-state index contributed by atoms with van der Waals surface area (Å²) in [4.78, 5) is 10.9. The lowest BCUT2D eigenvalue weighted by Gasteiger charge is -2.03. The van der Waals surface area contributed by atoms with Crippen molar-refractivity contribution in [3.63, 3.8) is 0 Å². The van der Waals surface area contributed by atoms with E-state index >= 15 is 0 Å². The molecule has 0 bridgehead atoms. The Morgan fingerprint density at radius 1 is 0.818 bits per heavy atom. The zero-order valence-electron chi connectivity index (χ0n) is 14.8. The Morgan fingerprint density at radius 3 is 1.77 bits per heavy atom. The van der Waals surface area contributed by atoms with Crippen molar-refractivity contribution in [1.29, 1.82) is 0 Å². The summed E-state index contributed by atoms with van der Waals surface area (Å²) >= 11 is 0. The van der Waals surface area contributed by atoms with Gasteiger partial charge in [-0.05, 0) is 19.3 Å². The van der Waals surface area contributed by atoms with E-state index in [1.165, 1.54) is 77.7 Å². The van der Waals surface area contributed by atoms with E-state index in [9.17, 15) is 4.79 Å². The van der Waals surface area contributed by atoms with E-state index in [-0.39, 0.29) is 5.97 Å². The van der Waals surface area contributed by atoms with Gasteiger partial charge in [0.2, 0.25) is 0 Å². The lowest BCUT2D eigenvalue weighted by atomic mass is 10.0. The number of esters is 1. The lowest BCUT2D eigenvalue weighted by Crippen LogP contribution is -1.99. The highest BCUT2D eigenvalue weighted by atomic mass is 16.6. The molecular weight excluding hydrogens is 276 g/mol. The van der Waals surface area contributed by atoms with E-state index < -0.39 is 0 Å². The van der Waals surface area contributed by atoms with Crippen molar-refractivity contribution in [2.24, 2.45) is 0 Å². The Morgan fingerprint density at radius 2 is 1.32 bits per heavy atom. The first kappa shape index (κ1) is 19.5. The third-order valence-electron chi connectivity index (χ3n) is 4.69. The van der Waals surface area contributed by atoms with Gasteiger partial charge in [0, 0.05) is 6.42 Å². The van der Waals surface area contributed by atoms with Crippen molar-refractivity contribution in [3.05, 3.63) is 0 Å². The van der Waals surface area contributed by atoms with Gasteiger partial charge in [0.15, 0.2) is 0 Å². The van der Waals surface area contributed by atoms with E-state index in [4.69, 9.17) is 4.74 Å². The summed E-state index contributed by atoms with van der Waals surface area (Å²) in [6, 6.07) is 0. The molecule has 130 valence electrons. The van der Waals surface area contributed by atoms with Crippen LogP contribution in [0.5, 0.6) is 0 Å². The summed E-state index contributed by atoms with van der Waals surface area (Å²) in [5.74, 6) is -0.0709. The number of carbonyl (C=O) groups is 1. The summed E-state index contributed by atoms with van der Waals surface area (Å²) in [5.41, 5.74) is 0. The van der Waals surface area contributed by atoms with Crippen molar-refractivity contribution in [2.45, 2.75) is 109 Å². The van der Waals surface area contributed by atoms with Gasteiger partial charge in [-0.2, -0.15) is 0 Å². The molecule has 2 atom stereocenters. The first-order valence-electron chi connectivity index (χ1n) is 9.50. The molecule has 0 amide bonds. The number of methoxy groups -OCH3 is 1. The monoisotopic (exact) mass is 312 g/mol. The fourth-order valence-corrected chi connectivity index (χ4v) is 3.10. The highest BCUT2D eigenvalue weighted by Crippen LogP contribution is 2.29. The molecule has 0 N–H and O–H groups in total. The second-order valence-electron chi connectivity index (χ2n) is 6.63. The first-order chi connectivity index (χ1) is 10.8. The Balaban J connectivity index is 1.67. The van der Waals surface area contributed by atoms with E-state index in [1.54, 1.807) is 0 Å². The van der Waals surface area contributed by atoms with Crippen molar-refractivity contribution in [2.75, 3.05) is 7.11 Å². The molecule has 1 saturated heterocycles. The van der Waals surface area contributed by atoms with Crippen LogP contribution in [-0.2, 0) is 14.3 Å². The predicted octanol–water partition coefficient (Wildman–Crippen LogP) is 5.41. The van der Waals surface area contributed by atoms with Crippen LogP contribution >= 0.6 is 0 Å². The van der Waals surface area contributed by atoms with Crippen LogP contribution in [0.1, 0.15) is 96.8 Å². The van der Waals surface area contributed by atoms with E-state index in [1.807, 2.05) is 0 Å². The lowest BCUT2D eigenvalue weighted by molar-refractivity contribution is -0.140. The summed E-state index contributed by atoms with van der Waals surface area (Å²) < 4.78 is 10.2. The van der Waals surface area contributed by atoms with Crippen LogP contribution in [0.2, 0.25) is 0 Å². The topological polar surface area (TPSA) is 38.8 Å². The number of ether oxygens (including phenoxy) is 2. The van der Waals surface area contributed by atoms with Crippen LogP contribution in [0, 0.1) is 0 Å². The molecule has 0 spiro atoms. The van der Waals surface area contributed by atoms with E-state index in [2.05, 4.69) is 11.7 Å². The highest BCUT2D eigenvalue weighted by Gasteiger charge is 2.35. The minimum atomic E-state index is -0.0709. The van der Waals surface area contributed by atoms with E-state index in [0.29, 0.717) is 18.6 Å². The third kappa shape index (κ3) is 10.2. The maximum Gasteiger partial charge on any atom is 0.305 e. The average molecular weight is 312 g/mol. The van der Waals surface area contributed by atoms with Gasteiger partial charge in [-0.3, -0.25) is 4.79 Å². The molecule has 1 aliphatic heterocycles. The molecule has 0 aromatic carbocycles. The van der Waals surface area contributed by atoms with Crippen molar-refractivity contribution in [3.8, 4) is 0 Å². The number of hydrogen-bond acceptors (Lipinski definition) is 3. The van der Waals surface area contributed by atoms with Gasteiger partial charge < -0.3 is 9.47 Å². The van der Waals surface area contributed by atoms with Gasteiger partial charge in [-0.1, -0.05) is 71.1 Å². The van der Waals surface area contributed by atoms with Gasteiger partial charge in [-0.25, -0.2) is 0 Å². The van der Waals surface area contributed by atoms with Crippen LogP contribution in [0.4, 0.5) is 0 Å². The van der Waals surface area contributed by atoms with Gasteiger partial charge in [0.25, 0.3) is 0 Å². The standard InChI is InChI=1S/C19H36O3/c1-3-17-18(22-17)15-13-11-9-7-5-4-6-8-10-12-14-16-19(20)21-2/h17-18H,3-16H2,1-2H3/t17-,18-/m0/s1. The van der Waals surface area contributed by atoms with Gasteiger partial charge in [-0.15, -0.1) is 0 Å². The minimum Gasteiger partial charge on any atom is -0.469 e. The third-order valence-corrected chi connectivity index (χ3v) is 4.69. The number of epoxide rings is 1. The van der Waals surface area contributed by atoms with Gasteiger partial charge in [0.1, 0.15) is 0 Å². The van der Waals surface area contributed by atoms with Crippen LogP contribution < -0.4 is 0 Å². The van der Waals surface area contributed by atoms with Crippen LogP contribution in [0.15, 0.2) is 0 Å². The fourth-order valence-electron chi connectivity index (χ4n) is 3.10. The van der Waals surface area contributed by atoms with Crippen molar-refractivity contribution >= 4 is 5.97 Å². The smallest absolute Gasteiger partial charge is 0.305 e. The second-order valence-corrected chi connectivity index (χ2v) is 6.63. The van der Waals surface area contributed by atoms with Gasteiger partial charge in [0.05, 0.1) is 19.3 Å². The van der Waals surface area contributed by atoms with Crippen LogP contribution in [0.25, 0.3) is 0 Å².